The van der Waals surface area contributed by atoms with E-state index in [1.165, 1.54) is 12.1 Å². The molecule has 0 unspecified atom stereocenters. The standard InChI is InChI=1S/C21H21ClFN3O3/c1-11(2)15-10-17(29-24-15)16-8-5-9-26(16)21(27)18-12(3)28-25-20(18)19-13(22)6-4-7-14(19)23/h4,6-7,10-11,16H,5,8-9H2,1-3H3/t16-/m1/s1. The molecule has 152 valence electrons. The van der Waals surface area contributed by atoms with Crippen molar-refractivity contribution < 1.29 is 18.2 Å². The number of carbonyl (C=O) groups excluding carboxylic acids is 1. The highest BCUT2D eigenvalue weighted by Crippen LogP contribution is 2.38. The van der Waals surface area contributed by atoms with E-state index in [9.17, 15) is 9.18 Å². The molecular weight excluding hydrogens is 397 g/mol. The van der Waals surface area contributed by atoms with E-state index in [0.29, 0.717) is 18.1 Å². The van der Waals surface area contributed by atoms with E-state index in [0.717, 1.165) is 18.5 Å². The van der Waals surface area contributed by atoms with Gasteiger partial charge in [0.1, 0.15) is 22.8 Å². The lowest BCUT2D eigenvalue weighted by atomic mass is 10.0. The van der Waals surface area contributed by atoms with Crippen molar-refractivity contribution in [1.29, 1.82) is 0 Å². The summed E-state index contributed by atoms with van der Waals surface area (Å²) in [7, 11) is 0. The monoisotopic (exact) mass is 417 g/mol. The van der Waals surface area contributed by atoms with Crippen molar-refractivity contribution in [3.05, 3.63) is 57.9 Å². The smallest absolute Gasteiger partial charge is 0.260 e. The Labute approximate surface area is 172 Å². The molecule has 1 aliphatic heterocycles. The van der Waals surface area contributed by atoms with E-state index in [-0.39, 0.29) is 39.7 Å². The first-order valence-electron chi connectivity index (χ1n) is 9.56. The fourth-order valence-electron chi connectivity index (χ4n) is 3.70. The third-order valence-electron chi connectivity index (χ3n) is 5.26. The molecule has 0 N–H and O–H groups in total. The summed E-state index contributed by atoms with van der Waals surface area (Å²) in [5.74, 6) is 0.348. The topological polar surface area (TPSA) is 72.4 Å². The minimum absolute atomic E-state index is 0.0619. The average molecular weight is 418 g/mol. The molecule has 0 bridgehead atoms. The van der Waals surface area contributed by atoms with Gasteiger partial charge in [-0.25, -0.2) is 4.39 Å². The van der Waals surface area contributed by atoms with Crippen molar-refractivity contribution >= 4 is 17.5 Å². The van der Waals surface area contributed by atoms with Crippen LogP contribution >= 0.6 is 11.6 Å². The van der Waals surface area contributed by atoms with E-state index in [1.807, 2.05) is 19.9 Å². The predicted octanol–water partition coefficient (Wildman–Crippen LogP) is 5.53. The van der Waals surface area contributed by atoms with Crippen LogP contribution in [0.4, 0.5) is 4.39 Å². The molecule has 3 heterocycles. The van der Waals surface area contributed by atoms with E-state index in [4.69, 9.17) is 20.6 Å². The molecule has 1 amide bonds. The minimum Gasteiger partial charge on any atom is -0.360 e. The lowest BCUT2D eigenvalue weighted by Crippen LogP contribution is -2.31. The molecule has 29 heavy (non-hydrogen) atoms. The van der Waals surface area contributed by atoms with Gasteiger partial charge in [-0.15, -0.1) is 0 Å². The zero-order valence-corrected chi connectivity index (χ0v) is 17.2. The first-order chi connectivity index (χ1) is 13.9. The summed E-state index contributed by atoms with van der Waals surface area (Å²) >= 11 is 6.20. The molecule has 1 fully saturated rings. The zero-order valence-electron chi connectivity index (χ0n) is 16.4. The Balaban J connectivity index is 1.72. The number of benzene rings is 1. The average Bonchev–Trinajstić information content (AvgIpc) is 3.40. The Kier molecular flexibility index (Phi) is 5.17. The Morgan fingerprint density at radius 1 is 1.31 bits per heavy atom. The second-order valence-electron chi connectivity index (χ2n) is 7.52. The molecule has 1 aromatic carbocycles. The van der Waals surface area contributed by atoms with Gasteiger partial charge in [0.25, 0.3) is 5.91 Å². The molecule has 1 aliphatic rings. The van der Waals surface area contributed by atoms with Crippen LogP contribution in [0.15, 0.2) is 33.3 Å². The summed E-state index contributed by atoms with van der Waals surface area (Å²) in [6, 6.07) is 6.00. The molecule has 0 saturated carbocycles. The molecule has 1 saturated heterocycles. The molecule has 0 spiro atoms. The maximum atomic E-state index is 14.5. The van der Waals surface area contributed by atoms with Crippen molar-refractivity contribution in [1.82, 2.24) is 15.2 Å². The Morgan fingerprint density at radius 2 is 2.10 bits per heavy atom. The normalized spacial score (nSPS) is 16.8. The van der Waals surface area contributed by atoms with Crippen molar-refractivity contribution in [2.45, 2.75) is 45.6 Å². The van der Waals surface area contributed by atoms with Gasteiger partial charge in [-0.3, -0.25) is 4.79 Å². The molecule has 8 heteroatoms. The highest BCUT2D eigenvalue weighted by atomic mass is 35.5. The van der Waals surface area contributed by atoms with Gasteiger partial charge >= 0.3 is 0 Å². The summed E-state index contributed by atoms with van der Waals surface area (Å²) in [4.78, 5) is 15.2. The molecule has 0 aliphatic carbocycles. The van der Waals surface area contributed by atoms with Gasteiger partial charge in [0, 0.05) is 12.6 Å². The summed E-state index contributed by atoms with van der Waals surface area (Å²) < 4.78 is 25.3. The number of carbonyl (C=O) groups is 1. The third-order valence-corrected chi connectivity index (χ3v) is 5.57. The summed E-state index contributed by atoms with van der Waals surface area (Å²) in [5, 5.41) is 8.22. The SMILES string of the molecule is Cc1onc(-c2c(F)cccc2Cl)c1C(=O)N1CCC[C@@H]1c1cc(C(C)C)no1. The summed E-state index contributed by atoms with van der Waals surface area (Å²) in [6.07, 6.45) is 1.59. The number of hydrogen-bond acceptors (Lipinski definition) is 5. The summed E-state index contributed by atoms with van der Waals surface area (Å²) in [6.45, 7) is 6.25. The van der Waals surface area contributed by atoms with Gasteiger partial charge in [0.15, 0.2) is 5.76 Å². The number of rotatable bonds is 4. The fraction of sp³-hybridized carbons (Fsp3) is 0.381. The van der Waals surface area contributed by atoms with Crippen LogP contribution in [0.2, 0.25) is 5.02 Å². The number of likely N-dealkylation sites (tertiary alicyclic amines) is 1. The molecule has 1 atom stereocenters. The quantitative estimate of drug-likeness (QED) is 0.558. The van der Waals surface area contributed by atoms with Crippen LogP contribution in [0.25, 0.3) is 11.3 Å². The van der Waals surface area contributed by atoms with Gasteiger partial charge in [0.2, 0.25) is 0 Å². The highest BCUT2D eigenvalue weighted by molar-refractivity contribution is 6.33. The Hall–Kier alpha value is -2.67. The maximum absolute atomic E-state index is 14.5. The molecular formula is C21H21ClFN3O3. The van der Waals surface area contributed by atoms with Crippen LogP contribution in [-0.2, 0) is 0 Å². The van der Waals surface area contributed by atoms with Crippen molar-refractivity contribution in [3.63, 3.8) is 0 Å². The number of halogens is 2. The van der Waals surface area contributed by atoms with Crippen LogP contribution < -0.4 is 0 Å². The fourth-order valence-corrected chi connectivity index (χ4v) is 3.95. The van der Waals surface area contributed by atoms with Gasteiger partial charge in [-0.05, 0) is 37.8 Å². The molecule has 6 nitrogen and oxygen atoms in total. The second kappa shape index (κ2) is 7.63. The molecule has 2 aromatic heterocycles. The van der Waals surface area contributed by atoms with E-state index in [2.05, 4.69) is 10.3 Å². The van der Waals surface area contributed by atoms with Gasteiger partial charge in [0.05, 0.1) is 22.3 Å². The maximum Gasteiger partial charge on any atom is 0.260 e. The predicted molar refractivity (Wildman–Crippen MR) is 105 cm³/mol. The number of hydrogen-bond donors (Lipinski definition) is 0. The minimum atomic E-state index is -0.561. The first-order valence-corrected chi connectivity index (χ1v) is 9.94. The van der Waals surface area contributed by atoms with Crippen LogP contribution in [0.1, 0.15) is 66.2 Å². The first kappa shape index (κ1) is 19.6. The van der Waals surface area contributed by atoms with Crippen LogP contribution in [0, 0.1) is 12.7 Å². The van der Waals surface area contributed by atoms with Crippen LogP contribution in [-0.4, -0.2) is 27.7 Å². The van der Waals surface area contributed by atoms with Crippen molar-refractivity contribution in [2.24, 2.45) is 0 Å². The largest absolute Gasteiger partial charge is 0.360 e. The lowest BCUT2D eigenvalue weighted by molar-refractivity contribution is 0.0713. The summed E-state index contributed by atoms with van der Waals surface area (Å²) in [5.41, 5.74) is 1.24. The van der Waals surface area contributed by atoms with Gasteiger partial charge in [-0.1, -0.05) is 41.8 Å². The van der Waals surface area contributed by atoms with E-state index >= 15 is 0 Å². The van der Waals surface area contributed by atoms with E-state index in [1.54, 1.807) is 17.9 Å². The molecule has 4 rings (SSSR count). The van der Waals surface area contributed by atoms with E-state index < -0.39 is 5.82 Å². The van der Waals surface area contributed by atoms with Gasteiger partial charge in [-0.2, -0.15) is 0 Å². The van der Waals surface area contributed by atoms with Crippen molar-refractivity contribution in [2.75, 3.05) is 6.54 Å². The highest BCUT2D eigenvalue weighted by Gasteiger charge is 2.37. The van der Waals surface area contributed by atoms with Crippen molar-refractivity contribution in [3.8, 4) is 11.3 Å². The molecule has 0 radical (unpaired) electrons. The van der Waals surface area contributed by atoms with Crippen LogP contribution in [0.5, 0.6) is 0 Å². The number of aromatic nitrogens is 2. The number of aryl methyl sites for hydroxylation is 1. The number of amides is 1. The third kappa shape index (κ3) is 3.44. The second-order valence-corrected chi connectivity index (χ2v) is 7.93. The van der Waals surface area contributed by atoms with Gasteiger partial charge < -0.3 is 13.9 Å². The Bertz CT molecular complexity index is 1040. The lowest BCUT2D eigenvalue weighted by Gasteiger charge is -2.22. The Morgan fingerprint density at radius 3 is 2.79 bits per heavy atom. The molecule has 3 aromatic rings. The number of nitrogens with zero attached hydrogens (tertiary/aromatic N) is 3. The zero-order chi connectivity index (χ0) is 20.7. The van der Waals surface area contributed by atoms with Crippen LogP contribution in [0.3, 0.4) is 0 Å².